The Morgan fingerprint density at radius 1 is 1.12 bits per heavy atom. The number of morpholine rings is 1. The minimum Gasteiger partial charge on any atom is -0.379 e. The number of aryl methyl sites for hydroxylation is 1. The SMILES string of the molecule is Cc1ccc2ncn(CC(=O)NCc3ccc(S(=O)(=O)N4CCOCC4)cc3)c(=O)c2c1. The first-order chi connectivity index (χ1) is 15.3. The largest absolute Gasteiger partial charge is 0.379 e. The fraction of sp³-hybridized carbons (Fsp3) is 0.318. The van der Waals surface area contributed by atoms with E-state index >= 15 is 0 Å². The Hall–Kier alpha value is -3.08. The number of fused-ring (bicyclic) bond motifs is 1. The minimum absolute atomic E-state index is 0.154. The molecule has 2 heterocycles. The number of amides is 1. The summed E-state index contributed by atoms with van der Waals surface area (Å²) in [6, 6.07) is 11.8. The van der Waals surface area contributed by atoms with Gasteiger partial charge in [0.25, 0.3) is 5.56 Å². The third-order valence-electron chi connectivity index (χ3n) is 5.31. The van der Waals surface area contributed by atoms with Crippen molar-refractivity contribution in [2.24, 2.45) is 0 Å². The van der Waals surface area contributed by atoms with E-state index in [0.29, 0.717) is 37.2 Å². The first kappa shape index (κ1) is 22.1. The molecule has 1 saturated heterocycles. The van der Waals surface area contributed by atoms with Gasteiger partial charge < -0.3 is 10.1 Å². The van der Waals surface area contributed by atoms with Gasteiger partial charge >= 0.3 is 0 Å². The highest BCUT2D eigenvalue weighted by atomic mass is 32.2. The molecule has 168 valence electrons. The molecule has 0 aliphatic carbocycles. The molecule has 0 unspecified atom stereocenters. The normalized spacial score (nSPS) is 15.0. The number of carbonyl (C=O) groups is 1. The summed E-state index contributed by atoms with van der Waals surface area (Å²) in [5.41, 5.74) is 2.01. The van der Waals surface area contributed by atoms with Crippen molar-refractivity contribution in [2.45, 2.75) is 24.9 Å². The van der Waals surface area contributed by atoms with Crippen LogP contribution in [0.5, 0.6) is 0 Å². The Labute approximate surface area is 185 Å². The summed E-state index contributed by atoms with van der Waals surface area (Å²) in [6.45, 7) is 3.40. The van der Waals surface area contributed by atoms with E-state index < -0.39 is 10.0 Å². The van der Waals surface area contributed by atoms with Crippen LogP contribution in [0.25, 0.3) is 10.9 Å². The summed E-state index contributed by atoms with van der Waals surface area (Å²) in [7, 11) is -3.56. The van der Waals surface area contributed by atoms with E-state index in [0.717, 1.165) is 11.1 Å². The zero-order valence-electron chi connectivity index (χ0n) is 17.7. The van der Waals surface area contributed by atoms with Gasteiger partial charge in [-0.15, -0.1) is 0 Å². The average molecular weight is 457 g/mol. The molecule has 1 fully saturated rings. The molecule has 0 saturated carbocycles. The Kier molecular flexibility index (Phi) is 6.35. The number of carbonyl (C=O) groups excluding carboxylic acids is 1. The summed E-state index contributed by atoms with van der Waals surface area (Å²) >= 11 is 0. The van der Waals surface area contributed by atoms with E-state index in [9.17, 15) is 18.0 Å². The first-order valence-corrected chi connectivity index (χ1v) is 11.7. The molecule has 10 heteroatoms. The molecule has 2 aromatic carbocycles. The van der Waals surface area contributed by atoms with Crippen molar-refractivity contribution >= 4 is 26.8 Å². The first-order valence-electron chi connectivity index (χ1n) is 10.2. The van der Waals surface area contributed by atoms with Crippen LogP contribution in [0.1, 0.15) is 11.1 Å². The molecule has 1 aromatic heterocycles. The Morgan fingerprint density at radius 2 is 1.84 bits per heavy atom. The Bertz CT molecular complexity index is 1300. The molecule has 3 aromatic rings. The second kappa shape index (κ2) is 9.19. The van der Waals surface area contributed by atoms with Crippen LogP contribution in [0.15, 0.2) is 58.5 Å². The maximum atomic E-state index is 12.7. The van der Waals surface area contributed by atoms with Gasteiger partial charge in [0.1, 0.15) is 6.54 Å². The van der Waals surface area contributed by atoms with Gasteiger partial charge in [-0.3, -0.25) is 14.2 Å². The summed E-state index contributed by atoms with van der Waals surface area (Å²) in [4.78, 5) is 29.4. The fourth-order valence-electron chi connectivity index (χ4n) is 3.51. The molecule has 1 N–H and O–H groups in total. The molecule has 1 amide bonds. The highest BCUT2D eigenvalue weighted by molar-refractivity contribution is 7.89. The molecule has 1 aliphatic heterocycles. The van der Waals surface area contributed by atoms with Crippen molar-refractivity contribution in [3.05, 3.63) is 70.3 Å². The van der Waals surface area contributed by atoms with E-state index in [4.69, 9.17) is 4.74 Å². The topological polar surface area (TPSA) is 111 Å². The third kappa shape index (κ3) is 4.72. The van der Waals surface area contributed by atoms with Gasteiger partial charge in [0.15, 0.2) is 0 Å². The number of ether oxygens (including phenoxy) is 1. The van der Waals surface area contributed by atoms with Crippen molar-refractivity contribution < 1.29 is 17.9 Å². The second-order valence-corrected chi connectivity index (χ2v) is 9.57. The van der Waals surface area contributed by atoms with Gasteiger partial charge in [0.05, 0.1) is 35.3 Å². The van der Waals surface area contributed by atoms with Gasteiger partial charge in [-0.25, -0.2) is 13.4 Å². The van der Waals surface area contributed by atoms with Crippen molar-refractivity contribution in [1.82, 2.24) is 19.2 Å². The lowest BCUT2D eigenvalue weighted by Crippen LogP contribution is -2.40. The van der Waals surface area contributed by atoms with Gasteiger partial charge in [-0.05, 0) is 36.8 Å². The average Bonchev–Trinajstić information content (AvgIpc) is 2.81. The predicted octanol–water partition coefficient (Wildman–Crippen LogP) is 1.04. The van der Waals surface area contributed by atoms with Gasteiger partial charge in [0.2, 0.25) is 15.9 Å². The van der Waals surface area contributed by atoms with Crippen molar-refractivity contribution in [3.8, 4) is 0 Å². The zero-order valence-corrected chi connectivity index (χ0v) is 18.5. The fourth-order valence-corrected chi connectivity index (χ4v) is 4.92. The van der Waals surface area contributed by atoms with Gasteiger partial charge in [-0.1, -0.05) is 23.8 Å². The van der Waals surface area contributed by atoms with E-state index in [-0.39, 0.29) is 29.5 Å². The number of aromatic nitrogens is 2. The summed E-state index contributed by atoms with van der Waals surface area (Å²) < 4.78 is 33.2. The third-order valence-corrected chi connectivity index (χ3v) is 7.23. The molecule has 32 heavy (non-hydrogen) atoms. The highest BCUT2D eigenvalue weighted by Gasteiger charge is 2.26. The van der Waals surface area contributed by atoms with Crippen LogP contribution in [-0.4, -0.2) is 54.5 Å². The van der Waals surface area contributed by atoms with E-state index in [1.165, 1.54) is 27.3 Å². The van der Waals surface area contributed by atoms with Crippen LogP contribution in [0.3, 0.4) is 0 Å². The number of hydrogen-bond acceptors (Lipinski definition) is 6. The molecular formula is C22H24N4O5S. The lowest BCUT2D eigenvalue weighted by molar-refractivity contribution is -0.121. The smallest absolute Gasteiger partial charge is 0.261 e. The molecule has 0 radical (unpaired) electrons. The lowest BCUT2D eigenvalue weighted by atomic mass is 10.2. The van der Waals surface area contributed by atoms with Crippen molar-refractivity contribution in [1.29, 1.82) is 0 Å². The molecule has 0 spiro atoms. The maximum absolute atomic E-state index is 12.7. The Balaban J connectivity index is 1.39. The highest BCUT2D eigenvalue weighted by Crippen LogP contribution is 2.17. The van der Waals surface area contributed by atoms with Gasteiger partial charge in [0, 0.05) is 19.6 Å². The number of benzene rings is 2. The van der Waals surface area contributed by atoms with Crippen LogP contribution in [0.4, 0.5) is 0 Å². The second-order valence-electron chi connectivity index (χ2n) is 7.64. The molecule has 1 aliphatic rings. The predicted molar refractivity (Wildman–Crippen MR) is 119 cm³/mol. The quantitative estimate of drug-likeness (QED) is 0.594. The summed E-state index contributed by atoms with van der Waals surface area (Å²) in [5, 5.41) is 3.22. The van der Waals surface area contributed by atoms with E-state index in [2.05, 4.69) is 10.3 Å². The molecule has 9 nitrogen and oxygen atoms in total. The van der Waals surface area contributed by atoms with Gasteiger partial charge in [-0.2, -0.15) is 4.31 Å². The van der Waals surface area contributed by atoms with Crippen LogP contribution in [0.2, 0.25) is 0 Å². The number of nitrogens with one attached hydrogen (secondary N) is 1. The Morgan fingerprint density at radius 3 is 2.56 bits per heavy atom. The summed E-state index contributed by atoms with van der Waals surface area (Å²) in [6.07, 6.45) is 1.37. The molecular weight excluding hydrogens is 432 g/mol. The number of hydrogen-bond donors (Lipinski definition) is 1. The number of rotatable bonds is 6. The minimum atomic E-state index is -3.56. The van der Waals surface area contributed by atoms with E-state index in [1.54, 1.807) is 24.3 Å². The molecule has 0 atom stereocenters. The van der Waals surface area contributed by atoms with Crippen LogP contribution >= 0.6 is 0 Å². The maximum Gasteiger partial charge on any atom is 0.261 e. The van der Waals surface area contributed by atoms with Crippen LogP contribution in [-0.2, 0) is 32.6 Å². The standard InChI is InChI=1S/C22H24N4O5S/c1-16-2-7-20-19(12-16)22(28)25(15-24-20)14-21(27)23-13-17-3-5-18(6-4-17)32(29,30)26-8-10-31-11-9-26/h2-7,12,15H,8-11,13-14H2,1H3,(H,23,27). The van der Waals surface area contributed by atoms with E-state index in [1.807, 2.05) is 13.0 Å². The molecule has 0 bridgehead atoms. The zero-order chi connectivity index (χ0) is 22.7. The number of nitrogens with zero attached hydrogens (tertiary/aromatic N) is 3. The summed E-state index contributed by atoms with van der Waals surface area (Å²) in [5.74, 6) is -0.342. The monoisotopic (exact) mass is 456 g/mol. The lowest BCUT2D eigenvalue weighted by Gasteiger charge is -2.26. The van der Waals surface area contributed by atoms with Crippen molar-refractivity contribution in [3.63, 3.8) is 0 Å². The molecule has 4 rings (SSSR count). The van der Waals surface area contributed by atoms with Crippen LogP contribution in [0, 0.1) is 6.92 Å². The van der Waals surface area contributed by atoms with Crippen LogP contribution < -0.4 is 10.9 Å². The number of sulfonamides is 1. The van der Waals surface area contributed by atoms with Crippen molar-refractivity contribution in [2.75, 3.05) is 26.3 Å².